The van der Waals surface area contributed by atoms with Crippen LogP contribution in [0.3, 0.4) is 0 Å². The van der Waals surface area contributed by atoms with E-state index in [-0.39, 0.29) is 10.6 Å². The summed E-state index contributed by atoms with van der Waals surface area (Å²) in [6.45, 7) is 0. The Hall–Kier alpha value is -1.70. The maximum atomic E-state index is 12.1. The number of nitrogens with two attached hydrogens (primary N) is 1. The predicted octanol–water partition coefficient (Wildman–Crippen LogP) is 1.12. The molecule has 1 heterocycles. The fourth-order valence-electron chi connectivity index (χ4n) is 1.71. The van der Waals surface area contributed by atoms with E-state index in [9.17, 15) is 13.2 Å². The summed E-state index contributed by atoms with van der Waals surface area (Å²) in [5.74, 6) is -0.700. The second-order valence-electron chi connectivity index (χ2n) is 4.20. The molecule has 1 amide bonds. The molecule has 5 nitrogen and oxygen atoms in total. The molecule has 2 rings (SSSR count). The monoisotopic (exact) mass is 310 g/mol. The molecule has 1 aromatic carbocycles. The Morgan fingerprint density at radius 3 is 2.45 bits per heavy atom. The number of nitrogens with one attached hydrogen (secondary N) is 1. The van der Waals surface area contributed by atoms with Crippen LogP contribution in [0.1, 0.15) is 5.56 Å². The molecule has 0 aliphatic carbocycles. The highest BCUT2D eigenvalue weighted by atomic mass is 32.2. The Labute approximate surface area is 121 Å². The number of primary amides is 1. The summed E-state index contributed by atoms with van der Waals surface area (Å²) in [5.41, 5.74) is 6.12. The van der Waals surface area contributed by atoms with E-state index in [1.807, 2.05) is 30.3 Å². The Balaban J connectivity index is 2.17. The van der Waals surface area contributed by atoms with Gasteiger partial charge in [-0.25, -0.2) is 8.42 Å². The lowest BCUT2D eigenvalue weighted by Crippen LogP contribution is -2.45. The van der Waals surface area contributed by atoms with Crippen LogP contribution in [-0.4, -0.2) is 20.4 Å². The SMILES string of the molecule is NC(=O)C(Cc1ccccc1)NS(=O)(=O)c1cccs1. The second kappa shape index (κ2) is 6.17. The van der Waals surface area contributed by atoms with Crippen molar-refractivity contribution >= 4 is 27.3 Å². The topological polar surface area (TPSA) is 89.3 Å². The van der Waals surface area contributed by atoms with Gasteiger partial charge in [0.05, 0.1) is 0 Å². The van der Waals surface area contributed by atoms with Crippen molar-refractivity contribution in [2.75, 3.05) is 0 Å². The summed E-state index contributed by atoms with van der Waals surface area (Å²) in [5, 5.41) is 1.66. The number of sulfonamides is 1. The Morgan fingerprint density at radius 2 is 1.90 bits per heavy atom. The number of rotatable bonds is 6. The van der Waals surface area contributed by atoms with Crippen molar-refractivity contribution in [1.29, 1.82) is 0 Å². The summed E-state index contributed by atoms with van der Waals surface area (Å²) in [6.07, 6.45) is 0.223. The van der Waals surface area contributed by atoms with E-state index in [0.29, 0.717) is 0 Å². The van der Waals surface area contributed by atoms with E-state index in [2.05, 4.69) is 4.72 Å². The minimum absolute atomic E-state index is 0.164. The number of thiophene rings is 1. The molecule has 0 bridgehead atoms. The van der Waals surface area contributed by atoms with Gasteiger partial charge in [-0.2, -0.15) is 4.72 Å². The van der Waals surface area contributed by atoms with Crippen LogP contribution in [0.2, 0.25) is 0 Å². The number of hydrogen-bond donors (Lipinski definition) is 2. The summed E-state index contributed by atoms with van der Waals surface area (Å²) in [4.78, 5) is 11.4. The molecule has 3 N–H and O–H groups in total. The largest absolute Gasteiger partial charge is 0.368 e. The zero-order chi connectivity index (χ0) is 14.6. The standard InChI is InChI=1S/C13H14N2O3S2/c14-13(16)11(9-10-5-2-1-3-6-10)15-20(17,18)12-7-4-8-19-12/h1-8,11,15H,9H2,(H2,14,16). The van der Waals surface area contributed by atoms with Crippen molar-refractivity contribution in [3.8, 4) is 0 Å². The minimum Gasteiger partial charge on any atom is -0.368 e. The molecule has 0 spiro atoms. The van der Waals surface area contributed by atoms with Crippen LogP contribution < -0.4 is 10.5 Å². The van der Waals surface area contributed by atoms with Gasteiger partial charge in [0.2, 0.25) is 5.91 Å². The van der Waals surface area contributed by atoms with Crippen molar-refractivity contribution in [3.63, 3.8) is 0 Å². The number of hydrogen-bond acceptors (Lipinski definition) is 4. The Bertz CT molecular complexity index is 667. The first kappa shape index (κ1) is 14.7. The van der Waals surface area contributed by atoms with Crippen molar-refractivity contribution in [2.24, 2.45) is 5.73 Å². The first-order valence-electron chi connectivity index (χ1n) is 5.88. The lowest BCUT2D eigenvalue weighted by Gasteiger charge is -2.15. The molecule has 106 valence electrons. The molecule has 1 atom stereocenters. The molecular weight excluding hydrogens is 296 g/mol. The number of carbonyl (C=O) groups excluding carboxylic acids is 1. The zero-order valence-corrected chi connectivity index (χ0v) is 12.2. The average molecular weight is 310 g/mol. The molecule has 0 aliphatic heterocycles. The highest BCUT2D eigenvalue weighted by Crippen LogP contribution is 2.16. The molecule has 0 fully saturated rings. The van der Waals surface area contributed by atoms with Gasteiger partial charge < -0.3 is 5.73 Å². The van der Waals surface area contributed by atoms with Crippen molar-refractivity contribution in [2.45, 2.75) is 16.7 Å². The first-order chi connectivity index (χ1) is 9.49. The molecule has 1 unspecified atom stereocenters. The average Bonchev–Trinajstić information content (AvgIpc) is 2.93. The van der Waals surface area contributed by atoms with Gasteiger partial charge in [0, 0.05) is 0 Å². The van der Waals surface area contributed by atoms with E-state index < -0.39 is 22.0 Å². The third-order valence-corrected chi connectivity index (χ3v) is 5.55. The van der Waals surface area contributed by atoms with Gasteiger partial charge in [-0.05, 0) is 23.4 Å². The highest BCUT2D eigenvalue weighted by molar-refractivity contribution is 7.91. The molecule has 0 saturated heterocycles. The Morgan fingerprint density at radius 1 is 1.20 bits per heavy atom. The van der Waals surface area contributed by atoms with Gasteiger partial charge in [0.15, 0.2) is 0 Å². The van der Waals surface area contributed by atoms with Gasteiger partial charge in [0.25, 0.3) is 10.0 Å². The summed E-state index contributed by atoms with van der Waals surface area (Å²) in [6, 6.07) is 11.3. The van der Waals surface area contributed by atoms with Crippen LogP contribution in [-0.2, 0) is 21.2 Å². The highest BCUT2D eigenvalue weighted by Gasteiger charge is 2.24. The maximum absolute atomic E-state index is 12.1. The quantitative estimate of drug-likeness (QED) is 0.838. The number of amides is 1. The molecule has 1 aromatic heterocycles. The molecule has 2 aromatic rings. The summed E-state index contributed by atoms with van der Waals surface area (Å²) < 4.78 is 26.7. The van der Waals surface area contributed by atoms with Crippen molar-refractivity contribution in [1.82, 2.24) is 4.72 Å². The number of carbonyl (C=O) groups is 1. The van der Waals surface area contributed by atoms with Crippen LogP contribution in [0.5, 0.6) is 0 Å². The van der Waals surface area contributed by atoms with Crippen molar-refractivity contribution in [3.05, 3.63) is 53.4 Å². The third-order valence-electron chi connectivity index (χ3n) is 2.68. The fraction of sp³-hybridized carbons (Fsp3) is 0.154. The van der Waals surface area contributed by atoms with Crippen molar-refractivity contribution < 1.29 is 13.2 Å². The van der Waals surface area contributed by atoms with Gasteiger partial charge in [-0.15, -0.1) is 11.3 Å². The minimum atomic E-state index is -3.71. The van der Waals surface area contributed by atoms with Crippen LogP contribution in [0.4, 0.5) is 0 Å². The smallest absolute Gasteiger partial charge is 0.250 e. The van der Waals surface area contributed by atoms with Crippen LogP contribution >= 0.6 is 11.3 Å². The van der Waals surface area contributed by atoms with E-state index in [0.717, 1.165) is 16.9 Å². The second-order valence-corrected chi connectivity index (χ2v) is 7.09. The van der Waals surface area contributed by atoms with E-state index in [1.54, 1.807) is 11.4 Å². The lowest BCUT2D eigenvalue weighted by molar-refractivity contribution is -0.119. The molecule has 7 heteroatoms. The number of benzene rings is 1. The Kier molecular flexibility index (Phi) is 4.53. The molecular formula is C13H14N2O3S2. The van der Waals surface area contributed by atoms with Gasteiger partial charge in [0.1, 0.15) is 10.3 Å². The van der Waals surface area contributed by atoms with Gasteiger partial charge in [-0.3, -0.25) is 4.79 Å². The van der Waals surface area contributed by atoms with E-state index >= 15 is 0 Å². The van der Waals surface area contributed by atoms with E-state index in [1.165, 1.54) is 6.07 Å². The molecule has 0 aliphatic rings. The third kappa shape index (κ3) is 3.66. The lowest BCUT2D eigenvalue weighted by atomic mass is 10.1. The van der Waals surface area contributed by atoms with Gasteiger partial charge >= 0.3 is 0 Å². The molecule has 0 saturated carbocycles. The molecule has 0 radical (unpaired) electrons. The van der Waals surface area contributed by atoms with Crippen LogP contribution in [0, 0.1) is 0 Å². The normalized spacial score (nSPS) is 13.0. The van der Waals surface area contributed by atoms with E-state index in [4.69, 9.17) is 5.73 Å². The predicted molar refractivity (Wildman–Crippen MR) is 77.8 cm³/mol. The summed E-state index contributed by atoms with van der Waals surface area (Å²) >= 11 is 1.09. The van der Waals surface area contributed by atoms with Crippen LogP contribution in [0.15, 0.2) is 52.1 Å². The molecule has 20 heavy (non-hydrogen) atoms. The zero-order valence-electron chi connectivity index (χ0n) is 10.5. The summed E-state index contributed by atoms with van der Waals surface area (Å²) in [7, 11) is -3.71. The first-order valence-corrected chi connectivity index (χ1v) is 8.24. The van der Waals surface area contributed by atoms with Gasteiger partial charge in [-0.1, -0.05) is 36.4 Å². The fourth-order valence-corrected chi connectivity index (χ4v) is 3.93. The maximum Gasteiger partial charge on any atom is 0.250 e. The van der Waals surface area contributed by atoms with Crippen LogP contribution in [0.25, 0.3) is 0 Å².